The first-order valence-electron chi connectivity index (χ1n) is 9.04. The van der Waals surface area contributed by atoms with Gasteiger partial charge in [0.05, 0.1) is 15.6 Å². The maximum Gasteiger partial charge on any atom is 0.267 e. The molecule has 0 aliphatic carbocycles. The van der Waals surface area contributed by atoms with Gasteiger partial charge in [0.15, 0.2) is 0 Å². The van der Waals surface area contributed by atoms with Crippen LogP contribution in [0.5, 0.6) is 0 Å². The topological polar surface area (TPSA) is 79.4 Å². The summed E-state index contributed by atoms with van der Waals surface area (Å²) >= 11 is 1.37. The summed E-state index contributed by atoms with van der Waals surface area (Å²) in [6, 6.07) is 3.21. The molecule has 0 bridgehead atoms. The number of aromatic nitrogens is 1. The summed E-state index contributed by atoms with van der Waals surface area (Å²) in [5.41, 5.74) is 2.86. The van der Waals surface area contributed by atoms with Gasteiger partial charge in [-0.05, 0) is 50.5 Å². The molecule has 0 atom stereocenters. The standard InChI is InChI=1S/C19H27N3O3S2/c1-7-17-20-14(6)18(26-17)19(23)21-16-11-15(10-12(4)13(16)5)27(24,25)22(8-2)9-3/h10-11H,7-9H2,1-6H3,(H,21,23). The third-order valence-corrected chi connectivity index (χ3v) is 7.91. The van der Waals surface area contributed by atoms with Crippen LogP contribution in [0.1, 0.15) is 52.3 Å². The van der Waals surface area contributed by atoms with E-state index in [1.165, 1.54) is 15.6 Å². The number of amides is 1. The zero-order chi connectivity index (χ0) is 20.4. The second kappa shape index (κ2) is 8.50. The highest BCUT2D eigenvalue weighted by Crippen LogP contribution is 2.28. The molecule has 1 aromatic carbocycles. The Balaban J connectivity index is 2.44. The largest absolute Gasteiger partial charge is 0.321 e. The first-order valence-corrected chi connectivity index (χ1v) is 11.3. The van der Waals surface area contributed by atoms with Gasteiger partial charge in [-0.25, -0.2) is 13.4 Å². The van der Waals surface area contributed by atoms with Crippen molar-refractivity contribution in [1.29, 1.82) is 0 Å². The van der Waals surface area contributed by atoms with Crippen LogP contribution in [0.3, 0.4) is 0 Å². The van der Waals surface area contributed by atoms with E-state index < -0.39 is 10.0 Å². The molecule has 8 heteroatoms. The molecule has 0 radical (unpaired) electrons. The second-order valence-corrected chi connectivity index (χ2v) is 9.35. The molecular formula is C19H27N3O3S2. The molecule has 1 N–H and O–H groups in total. The molecule has 1 amide bonds. The average molecular weight is 410 g/mol. The van der Waals surface area contributed by atoms with Crippen molar-refractivity contribution in [2.24, 2.45) is 0 Å². The molecule has 0 aliphatic heterocycles. The van der Waals surface area contributed by atoms with Crippen LogP contribution in [0.15, 0.2) is 17.0 Å². The number of rotatable bonds is 7. The summed E-state index contributed by atoms with van der Waals surface area (Å²) in [7, 11) is -3.60. The highest BCUT2D eigenvalue weighted by molar-refractivity contribution is 7.89. The number of benzene rings is 1. The van der Waals surface area contributed by atoms with Crippen molar-refractivity contribution in [3.63, 3.8) is 0 Å². The van der Waals surface area contributed by atoms with Crippen LogP contribution in [0.4, 0.5) is 5.69 Å². The fourth-order valence-electron chi connectivity index (χ4n) is 2.81. The molecule has 0 unspecified atom stereocenters. The molecule has 2 rings (SSSR count). The number of nitrogens with zero attached hydrogens (tertiary/aromatic N) is 2. The average Bonchev–Trinajstić information content (AvgIpc) is 3.00. The van der Waals surface area contributed by atoms with Crippen LogP contribution in [-0.4, -0.2) is 36.7 Å². The lowest BCUT2D eigenvalue weighted by Crippen LogP contribution is -2.30. The number of hydrogen-bond donors (Lipinski definition) is 1. The molecule has 0 aliphatic rings. The smallest absolute Gasteiger partial charge is 0.267 e. The Labute approximate surface area is 165 Å². The van der Waals surface area contributed by atoms with Crippen LogP contribution < -0.4 is 5.32 Å². The highest BCUT2D eigenvalue weighted by Gasteiger charge is 2.24. The zero-order valence-electron chi connectivity index (χ0n) is 16.7. The van der Waals surface area contributed by atoms with E-state index in [4.69, 9.17) is 0 Å². The highest BCUT2D eigenvalue weighted by atomic mass is 32.2. The van der Waals surface area contributed by atoms with Crippen LogP contribution >= 0.6 is 11.3 Å². The van der Waals surface area contributed by atoms with E-state index in [0.29, 0.717) is 29.3 Å². The number of aryl methyl sites for hydroxylation is 3. The SMILES string of the molecule is CCc1nc(C)c(C(=O)Nc2cc(S(=O)(=O)N(CC)CC)cc(C)c2C)s1. The summed E-state index contributed by atoms with van der Waals surface area (Å²) < 4.78 is 27.1. The molecule has 0 saturated carbocycles. The van der Waals surface area contributed by atoms with E-state index in [0.717, 1.165) is 22.6 Å². The first-order chi connectivity index (χ1) is 12.6. The van der Waals surface area contributed by atoms with Crippen molar-refractivity contribution in [3.8, 4) is 0 Å². The van der Waals surface area contributed by atoms with Gasteiger partial charge in [0.2, 0.25) is 10.0 Å². The van der Waals surface area contributed by atoms with Gasteiger partial charge in [-0.15, -0.1) is 11.3 Å². The molecule has 1 aromatic heterocycles. The molecule has 148 valence electrons. The second-order valence-electron chi connectivity index (χ2n) is 6.33. The minimum Gasteiger partial charge on any atom is -0.321 e. The van der Waals surface area contributed by atoms with Crippen molar-refractivity contribution < 1.29 is 13.2 Å². The van der Waals surface area contributed by atoms with E-state index in [9.17, 15) is 13.2 Å². The Morgan fingerprint density at radius 3 is 2.30 bits per heavy atom. The molecule has 0 spiro atoms. The summed E-state index contributed by atoms with van der Waals surface area (Å²) in [5.74, 6) is -0.260. The fraction of sp³-hybridized carbons (Fsp3) is 0.474. The van der Waals surface area contributed by atoms with Crippen LogP contribution in [0.2, 0.25) is 0 Å². The van der Waals surface area contributed by atoms with Crippen LogP contribution in [0.25, 0.3) is 0 Å². The predicted octanol–water partition coefficient (Wildman–Crippen LogP) is 3.91. The Morgan fingerprint density at radius 1 is 1.15 bits per heavy atom. The fourth-order valence-corrected chi connectivity index (χ4v) is 5.28. The number of carbonyl (C=O) groups excluding carboxylic acids is 1. The summed E-state index contributed by atoms with van der Waals surface area (Å²) in [4.78, 5) is 17.9. The molecule has 2 aromatic rings. The third kappa shape index (κ3) is 4.39. The Bertz CT molecular complexity index is 945. The van der Waals surface area contributed by atoms with Crippen LogP contribution in [0, 0.1) is 20.8 Å². The van der Waals surface area contributed by atoms with Gasteiger partial charge in [-0.3, -0.25) is 4.79 Å². The molecule has 1 heterocycles. The van der Waals surface area contributed by atoms with E-state index in [1.807, 2.05) is 41.5 Å². The van der Waals surface area contributed by atoms with E-state index >= 15 is 0 Å². The minimum absolute atomic E-state index is 0.194. The van der Waals surface area contributed by atoms with E-state index in [-0.39, 0.29) is 10.8 Å². The summed E-state index contributed by atoms with van der Waals surface area (Å²) in [6.45, 7) is 11.9. The Morgan fingerprint density at radius 2 is 1.78 bits per heavy atom. The van der Waals surface area contributed by atoms with Gasteiger partial charge in [-0.1, -0.05) is 20.8 Å². The number of carbonyl (C=O) groups is 1. The van der Waals surface area contributed by atoms with Gasteiger partial charge in [0.25, 0.3) is 5.91 Å². The van der Waals surface area contributed by atoms with Gasteiger partial charge < -0.3 is 5.32 Å². The van der Waals surface area contributed by atoms with E-state index in [2.05, 4.69) is 10.3 Å². The van der Waals surface area contributed by atoms with Gasteiger partial charge in [0.1, 0.15) is 4.88 Å². The lowest BCUT2D eigenvalue weighted by molar-refractivity contribution is 0.102. The molecule has 0 fully saturated rings. The monoisotopic (exact) mass is 409 g/mol. The first kappa shape index (κ1) is 21.5. The normalized spacial score (nSPS) is 11.8. The number of anilines is 1. The number of thiazole rings is 1. The van der Waals surface area contributed by atoms with Crippen molar-refractivity contribution in [3.05, 3.63) is 38.8 Å². The lowest BCUT2D eigenvalue weighted by Gasteiger charge is -2.20. The maximum absolute atomic E-state index is 12.9. The molecular weight excluding hydrogens is 382 g/mol. The number of hydrogen-bond acceptors (Lipinski definition) is 5. The zero-order valence-corrected chi connectivity index (χ0v) is 18.3. The lowest BCUT2D eigenvalue weighted by atomic mass is 10.1. The predicted molar refractivity (Wildman–Crippen MR) is 110 cm³/mol. The van der Waals surface area contributed by atoms with E-state index in [1.54, 1.807) is 12.1 Å². The van der Waals surface area contributed by atoms with Crippen LogP contribution in [-0.2, 0) is 16.4 Å². The third-order valence-electron chi connectivity index (χ3n) is 4.58. The molecule has 0 saturated heterocycles. The van der Waals surface area contributed by atoms with Gasteiger partial charge in [-0.2, -0.15) is 4.31 Å². The quantitative estimate of drug-likeness (QED) is 0.752. The molecule has 6 nitrogen and oxygen atoms in total. The van der Waals surface area contributed by atoms with Crippen molar-refractivity contribution in [1.82, 2.24) is 9.29 Å². The van der Waals surface area contributed by atoms with Crippen molar-refractivity contribution in [2.75, 3.05) is 18.4 Å². The van der Waals surface area contributed by atoms with Gasteiger partial charge in [0, 0.05) is 18.8 Å². The minimum atomic E-state index is -3.60. The molecule has 27 heavy (non-hydrogen) atoms. The summed E-state index contributed by atoms with van der Waals surface area (Å²) in [5, 5.41) is 3.79. The number of sulfonamides is 1. The maximum atomic E-state index is 12.9. The van der Waals surface area contributed by atoms with Crippen molar-refractivity contribution >= 4 is 33.0 Å². The Hall–Kier alpha value is -1.77. The number of nitrogens with one attached hydrogen (secondary N) is 1. The van der Waals surface area contributed by atoms with Gasteiger partial charge >= 0.3 is 0 Å². The Kier molecular flexibility index (Phi) is 6.77. The summed E-state index contributed by atoms with van der Waals surface area (Å²) in [6.07, 6.45) is 0.772. The van der Waals surface area contributed by atoms with Crippen molar-refractivity contribution in [2.45, 2.75) is 52.9 Å².